The van der Waals surface area contributed by atoms with Crippen molar-refractivity contribution >= 4 is 16.6 Å². The van der Waals surface area contributed by atoms with Gasteiger partial charge in [-0.05, 0) is 74.4 Å². The minimum Gasteiger partial charge on any atom is -0.506 e. The average Bonchev–Trinajstić information content (AvgIpc) is 2.61. The fourth-order valence-corrected chi connectivity index (χ4v) is 4.59. The van der Waals surface area contributed by atoms with E-state index in [0.29, 0.717) is 11.7 Å². The number of phenols is 1. The van der Waals surface area contributed by atoms with E-state index in [1.54, 1.807) is 6.20 Å². The number of aromatic nitrogens is 1. The molecule has 3 aromatic rings. The van der Waals surface area contributed by atoms with Crippen molar-refractivity contribution in [3.05, 3.63) is 64.8 Å². The van der Waals surface area contributed by atoms with Gasteiger partial charge >= 0.3 is 0 Å². The smallest absolute Gasteiger partial charge is 0.139 e. The van der Waals surface area contributed by atoms with Gasteiger partial charge in [-0.2, -0.15) is 0 Å². The van der Waals surface area contributed by atoms with Crippen LogP contribution in [0.5, 0.6) is 5.75 Å². The van der Waals surface area contributed by atoms with Crippen LogP contribution >= 0.6 is 0 Å². The summed E-state index contributed by atoms with van der Waals surface area (Å²) in [6.45, 7) is 8.57. The van der Waals surface area contributed by atoms with Gasteiger partial charge in [-0.3, -0.25) is 4.98 Å². The van der Waals surface area contributed by atoms with Crippen molar-refractivity contribution in [3.63, 3.8) is 0 Å². The fourth-order valence-electron chi connectivity index (χ4n) is 4.59. The van der Waals surface area contributed by atoms with Crippen LogP contribution in [0.4, 0.5) is 5.69 Å². The molecule has 0 radical (unpaired) electrons. The predicted molar refractivity (Wildman–Crippen MR) is 108 cm³/mol. The first-order valence-electron chi connectivity index (χ1n) is 9.43. The fraction of sp³-hybridized carbons (Fsp3) is 0.348. The van der Waals surface area contributed by atoms with Crippen LogP contribution in [0, 0.1) is 20.8 Å². The molecule has 1 aliphatic heterocycles. The van der Waals surface area contributed by atoms with Gasteiger partial charge in [-0.25, -0.2) is 0 Å². The Kier molecular flexibility index (Phi) is 4.31. The van der Waals surface area contributed by atoms with Gasteiger partial charge in [0.1, 0.15) is 5.75 Å². The maximum absolute atomic E-state index is 10.5. The number of piperidine rings is 1. The standard InChI is InChI=1S/C23H26N2O/c1-15-11-16(2)23(17(3)12-15)18-6-9-25(10-7-18)21-14-20-19(13-22(21)26)5-4-8-24-20/h4-5,8,11-14,18,26H,6-7,9-10H2,1-3H3. The molecule has 0 unspecified atom stereocenters. The Morgan fingerprint density at radius 1 is 1.00 bits per heavy atom. The molecule has 3 nitrogen and oxygen atoms in total. The van der Waals surface area contributed by atoms with Crippen molar-refractivity contribution in [3.8, 4) is 5.75 Å². The minimum atomic E-state index is 0.353. The number of aryl methyl sites for hydroxylation is 3. The molecular weight excluding hydrogens is 320 g/mol. The largest absolute Gasteiger partial charge is 0.506 e. The van der Waals surface area contributed by atoms with E-state index in [4.69, 9.17) is 0 Å². The Bertz CT molecular complexity index is 933. The van der Waals surface area contributed by atoms with Crippen LogP contribution in [0.1, 0.15) is 41.0 Å². The molecule has 1 saturated heterocycles. The van der Waals surface area contributed by atoms with Gasteiger partial charge in [0.05, 0.1) is 11.2 Å². The normalized spacial score (nSPS) is 15.6. The van der Waals surface area contributed by atoms with E-state index < -0.39 is 0 Å². The lowest BCUT2D eigenvalue weighted by atomic mass is 9.83. The third kappa shape index (κ3) is 3.03. The first-order chi connectivity index (χ1) is 12.5. The van der Waals surface area contributed by atoms with Crippen LogP contribution in [-0.2, 0) is 0 Å². The second kappa shape index (κ2) is 6.64. The van der Waals surface area contributed by atoms with Crippen LogP contribution in [0.25, 0.3) is 10.9 Å². The van der Waals surface area contributed by atoms with Gasteiger partial charge in [-0.1, -0.05) is 23.8 Å². The van der Waals surface area contributed by atoms with Crippen LogP contribution < -0.4 is 4.90 Å². The molecular formula is C23H26N2O. The summed E-state index contributed by atoms with van der Waals surface area (Å²) in [5.74, 6) is 0.958. The molecule has 1 aliphatic rings. The molecule has 0 bridgehead atoms. The molecule has 1 N–H and O–H groups in total. The summed E-state index contributed by atoms with van der Waals surface area (Å²) in [6.07, 6.45) is 4.03. The number of pyridine rings is 1. The summed E-state index contributed by atoms with van der Waals surface area (Å²) >= 11 is 0. The molecule has 1 aromatic heterocycles. The monoisotopic (exact) mass is 346 g/mol. The highest BCUT2D eigenvalue weighted by Gasteiger charge is 2.24. The summed E-state index contributed by atoms with van der Waals surface area (Å²) in [6, 6.07) is 12.3. The molecule has 26 heavy (non-hydrogen) atoms. The Balaban J connectivity index is 1.57. The van der Waals surface area contributed by atoms with Gasteiger partial charge in [0.15, 0.2) is 0 Å². The molecule has 2 heterocycles. The average molecular weight is 346 g/mol. The van der Waals surface area contributed by atoms with Crippen LogP contribution in [0.3, 0.4) is 0 Å². The van der Waals surface area contributed by atoms with Gasteiger partial charge in [0.25, 0.3) is 0 Å². The van der Waals surface area contributed by atoms with E-state index >= 15 is 0 Å². The number of benzene rings is 2. The second-order valence-electron chi connectivity index (χ2n) is 7.61. The number of hydrogen-bond acceptors (Lipinski definition) is 3. The molecule has 134 valence electrons. The zero-order valence-corrected chi connectivity index (χ0v) is 15.8. The van der Waals surface area contributed by atoms with E-state index in [9.17, 15) is 5.11 Å². The SMILES string of the molecule is Cc1cc(C)c(C2CCN(c3cc4ncccc4cc3O)CC2)c(C)c1. The number of rotatable bonds is 2. The first kappa shape index (κ1) is 16.9. The van der Waals surface area contributed by atoms with Crippen LogP contribution in [0.2, 0.25) is 0 Å². The third-order valence-corrected chi connectivity index (χ3v) is 5.68. The zero-order chi connectivity index (χ0) is 18.3. The number of hydrogen-bond donors (Lipinski definition) is 1. The highest BCUT2D eigenvalue weighted by Crippen LogP contribution is 2.38. The Labute approximate surface area is 155 Å². The summed E-state index contributed by atoms with van der Waals surface area (Å²) in [4.78, 5) is 6.74. The van der Waals surface area contributed by atoms with Crippen molar-refractivity contribution in [2.45, 2.75) is 39.5 Å². The quantitative estimate of drug-likeness (QED) is 0.688. The van der Waals surface area contributed by atoms with Gasteiger partial charge in [-0.15, -0.1) is 0 Å². The predicted octanol–water partition coefficient (Wildman–Crippen LogP) is 5.25. The first-order valence-corrected chi connectivity index (χ1v) is 9.43. The Morgan fingerprint density at radius 3 is 2.38 bits per heavy atom. The molecule has 0 aliphatic carbocycles. The third-order valence-electron chi connectivity index (χ3n) is 5.68. The molecule has 1 fully saturated rings. The lowest BCUT2D eigenvalue weighted by molar-refractivity contribution is 0.462. The summed E-state index contributed by atoms with van der Waals surface area (Å²) < 4.78 is 0. The lowest BCUT2D eigenvalue weighted by Crippen LogP contribution is -2.33. The number of aromatic hydroxyl groups is 1. The van der Waals surface area contributed by atoms with Gasteiger partial charge in [0, 0.05) is 24.7 Å². The van der Waals surface area contributed by atoms with E-state index in [1.165, 1.54) is 22.3 Å². The summed E-state index contributed by atoms with van der Waals surface area (Å²) in [7, 11) is 0. The second-order valence-corrected chi connectivity index (χ2v) is 7.61. The van der Waals surface area contributed by atoms with E-state index in [0.717, 1.165) is 42.5 Å². The molecule has 0 amide bonds. The topological polar surface area (TPSA) is 36.4 Å². The van der Waals surface area contributed by atoms with Crippen molar-refractivity contribution in [1.29, 1.82) is 0 Å². The van der Waals surface area contributed by atoms with E-state index in [-0.39, 0.29) is 0 Å². The van der Waals surface area contributed by atoms with Gasteiger partial charge < -0.3 is 10.0 Å². The Morgan fingerprint density at radius 2 is 1.69 bits per heavy atom. The number of fused-ring (bicyclic) bond motifs is 1. The van der Waals surface area contributed by atoms with Gasteiger partial charge in [0.2, 0.25) is 0 Å². The number of anilines is 1. The molecule has 0 saturated carbocycles. The lowest BCUT2D eigenvalue weighted by Gasteiger charge is -2.35. The highest BCUT2D eigenvalue weighted by atomic mass is 16.3. The molecule has 4 rings (SSSR count). The van der Waals surface area contributed by atoms with Crippen LogP contribution in [0.15, 0.2) is 42.6 Å². The summed E-state index contributed by atoms with van der Waals surface area (Å²) in [5.41, 5.74) is 7.55. The molecule has 2 aromatic carbocycles. The minimum absolute atomic E-state index is 0.353. The summed E-state index contributed by atoms with van der Waals surface area (Å²) in [5, 5.41) is 11.5. The van der Waals surface area contributed by atoms with Crippen LogP contribution in [-0.4, -0.2) is 23.2 Å². The van der Waals surface area contributed by atoms with E-state index in [2.05, 4.69) is 42.8 Å². The molecule has 0 atom stereocenters. The maximum atomic E-state index is 10.5. The molecule has 3 heteroatoms. The number of phenolic OH excluding ortho intramolecular Hbond substituents is 1. The van der Waals surface area contributed by atoms with E-state index in [1.807, 2.05) is 24.3 Å². The zero-order valence-electron chi connectivity index (χ0n) is 15.8. The highest BCUT2D eigenvalue weighted by molar-refractivity contribution is 5.85. The number of nitrogens with zero attached hydrogens (tertiary/aromatic N) is 2. The van der Waals surface area contributed by atoms with Crippen molar-refractivity contribution in [2.75, 3.05) is 18.0 Å². The Hall–Kier alpha value is -2.55. The van der Waals surface area contributed by atoms with Crippen molar-refractivity contribution in [1.82, 2.24) is 4.98 Å². The maximum Gasteiger partial charge on any atom is 0.139 e. The molecule has 0 spiro atoms. The van der Waals surface area contributed by atoms with Crippen molar-refractivity contribution < 1.29 is 5.11 Å². The van der Waals surface area contributed by atoms with Crippen molar-refractivity contribution in [2.24, 2.45) is 0 Å².